The van der Waals surface area contributed by atoms with E-state index in [1.54, 1.807) is 7.11 Å². The molecule has 0 amide bonds. The van der Waals surface area contributed by atoms with Crippen molar-refractivity contribution in [1.29, 1.82) is 0 Å². The molecule has 0 aromatic heterocycles. The molecule has 4 saturated heterocycles. The predicted octanol–water partition coefficient (Wildman–Crippen LogP) is 8.21. The van der Waals surface area contributed by atoms with Crippen molar-refractivity contribution < 1.29 is 23.4 Å². The molecule has 0 spiro atoms. The van der Waals surface area contributed by atoms with Crippen molar-refractivity contribution >= 4 is 14.6 Å². The number of hydrogen-bond acceptors (Lipinski definition) is 7. The van der Waals surface area contributed by atoms with Crippen LogP contribution in [-0.2, 0) is 25.3 Å². The maximum atomic E-state index is 13.6. The van der Waals surface area contributed by atoms with Crippen molar-refractivity contribution in [3.8, 4) is 5.75 Å². The van der Waals surface area contributed by atoms with Crippen LogP contribution in [-0.4, -0.2) is 88.3 Å². The largest absolute Gasteiger partial charge is 0.497 e. The summed E-state index contributed by atoms with van der Waals surface area (Å²) in [5, 5.41) is 0.198. The Hall–Kier alpha value is -1.29. The monoisotopic (exact) mass is 682 g/mol. The van der Waals surface area contributed by atoms with Crippen molar-refractivity contribution in [2.45, 2.75) is 153 Å². The van der Waals surface area contributed by atoms with Crippen LogP contribution in [0.4, 0.5) is 0 Å². The molecule has 4 aliphatic heterocycles. The zero-order valence-electron chi connectivity index (χ0n) is 31.1. The average Bonchev–Trinajstić information content (AvgIpc) is 3.26. The van der Waals surface area contributed by atoms with E-state index in [0.29, 0.717) is 18.4 Å². The molecule has 1 aromatic rings. The molecule has 270 valence electrons. The number of carbonyl (C=O) groups excluding carboxylic acids is 1. The van der Waals surface area contributed by atoms with Gasteiger partial charge in [0, 0.05) is 24.6 Å². The molecule has 6 rings (SSSR count). The Labute approximate surface area is 292 Å². The van der Waals surface area contributed by atoms with Crippen LogP contribution in [0.1, 0.15) is 110 Å². The van der Waals surface area contributed by atoms with E-state index in [-0.39, 0.29) is 28.3 Å². The van der Waals surface area contributed by atoms with Crippen molar-refractivity contribution in [2.75, 3.05) is 40.0 Å². The normalized spacial score (nSPS) is 34.0. The van der Waals surface area contributed by atoms with Crippen molar-refractivity contribution in [3.63, 3.8) is 0 Å². The van der Waals surface area contributed by atoms with E-state index < -0.39 is 14.4 Å². The maximum Gasteiger partial charge on any atom is 0.191 e. The molecule has 7 atom stereocenters. The van der Waals surface area contributed by atoms with Crippen LogP contribution >= 0.6 is 0 Å². The third-order valence-electron chi connectivity index (χ3n) is 13.7. The maximum absolute atomic E-state index is 13.6. The number of hydrogen-bond donors (Lipinski definition) is 0. The molecule has 5 aliphatic rings. The van der Waals surface area contributed by atoms with Crippen LogP contribution in [0.5, 0.6) is 5.75 Å². The fourth-order valence-electron chi connectivity index (χ4n) is 10.4. The molecule has 48 heavy (non-hydrogen) atoms. The number of rotatable bonds is 11. The molecule has 1 aliphatic carbocycles. The lowest BCUT2D eigenvalue weighted by Gasteiger charge is -2.64. The van der Waals surface area contributed by atoms with Gasteiger partial charge in [-0.05, 0) is 99.3 Å². The van der Waals surface area contributed by atoms with Gasteiger partial charge in [0.1, 0.15) is 18.1 Å². The molecule has 1 aromatic carbocycles. The Balaban J connectivity index is 1.34. The Morgan fingerprint density at radius 3 is 2.42 bits per heavy atom. The van der Waals surface area contributed by atoms with E-state index in [0.717, 1.165) is 63.4 Å². The summed E-state index contributed by atoms with van der Waals surface area (Å²) in [7, 11) is -0.128. The molecule has 4 heterocycles. The number of methoxy groups -OCH3 is 1. The Morgan fingerprint density at radius 1 is 1.02 bits per heavy atom. The van der Waals surface area contributed by atoms with Gasteiger partial charge in [0.25, 0.3) is 0 Å². The SMILES string of the molecule is COc1ccc(CO[C@H](C=O)[C@@]23[C@@H]4CCN5CCCCCCCCCC[C@@]6(CO[C@@H](CCCO[Si](C)(C)C(C)(C)C)N2C[C@@H]4C6)[C@H]53)cc1. The highest BCUT2D eigenvalue weighted by molar-refractivity contribution is 6.74. The average molecular weight is 683 g/mol. The first-order valence-corrected chi connectivity index (χ1v) is 22.4. The summed E-state index contributed by atoms with van der Waals surface area (Å²) in [6.45, 7) is 16.9. The first-order valence-electron chi connectivity index (χ1n) is 19.5. The molecular formula is C40H66N2O5Si. The summed E-state index contributed by atoms with van der Waals surface area (Å²) >= 11 is 0. The molecule has 1 saturated carbocycles. The molecular weight excluding hydrogens is 617 g/mol. The minimum absolute atomic E-state index is 0.0175. The fraction of sp³-hybridized carbons (Fsp3) is 0.825. The number of benzene rings is 1. The number of aldehydes is 1. The second kappa shape index (κ2) is 15.1. The molecule has 8 heteroatoms. The molecule has 7 nitrogen and oxygen atoms in total. The number of ether oxygens (including phenoxy) is 3. The molecule has 0 N–H and O–H groups in total. The first-order chi connectivity index (χ1) is 23.1. The second-order valence-electron chi connectivity index (χ2n) is 17.5. The standard InChI is InChI=1S/C40H66N2O5Si/c1-38(2,3)48(5,6)47-25-15-16-36-42-27-32-26-39(30-46-36)22-13-11-9-7-8-10-12-14-23-41-24-21-34(32)40(42,37(39)41)35(28-43)45-29-31-17-19-33(44-4)20-18-31/h17-20,28,32,34-37H,7-16,21-27,29-30H2,1-6H3/t32-,34+,35+,36-,37-,39+,40+/m0/s1. The van der Waals surface area contributed by atoms with Gasteiger partial charge in [0.15, 0.2) is 14.6 Å². The summed E-state index contributed by atoms with van der Waals surface area (Å²) in [6, 6.07) is 8.38. The molecule has 5 bridgehead atoms. The van der Waals surface area contributed by atoms with Gasteiger partial charge in [-0.1, -0.05) is 77.8 Å². The Bertz CT molecular complexity index is 1210. The lowest BCUT2D eigenvalue weighted by molar-refractivity contribution is -0.187. The van der Waals surface area contributed by atoms with Crippen LogP contribution in [0.3, 0.4) is 0 Å². The Morgan fingerprint density at radius 2 is 1.73 bits per heavy atom. The van der Waals surface area contributed by atoms with Crippen LogP contribution in [0.2, 0.25) is 18.1 Å². The number of carbonyl (C=O) groups is 1. The van der Waals surface area contributed by atoms with Gasteiger partial charge >= 0.3 is 0 Å². The van der Waals surface area contributed by atoms with E-state index in [1.165, 1.54) is 70.5 Å². The topological polar surface area (TPSA) is 60.5 Å². The predicted molar refractivity (Wildman–Crippen MR) is 195 cm³/mol. The third-order valence-corrected chi connectivity index (χ3v) is 18.2. The quantitative estimate of drug-likeness (QED) is 0.132. The number of nitrogens with zero attached hydrogens (tertiary/aromatic N) is 2. The van der Waals surface area contributed by atoms with Gasteiger partial charge in [-0.3, -0.25) is 9.80 Å². The van der Waals surface area contributed by atoms with E-state index in [4.69, 9.17) is 18.6 Å². The minimum Gasteiger partial charge on any atom is -0.497 e. The lowest BCUT2D eigenvalue weighted by Crippen LogP contribution is -2.77. The van der Waals surface area contributed by atoms with Gasteiger partial charge in [-0.2, -0.15) is 0 Å². The minimum atomic E-state index is -1.82. The van der Waals surface area contributed by atoms with Crippen LogP contribution in [0, 0.1) is 17.3 Å². The zero-order chi connectivity index (χ0) is 34.0. The van der Waals surface area contributed by atoms with E-state index in [9.17, 15) is 4.79 Å². The van der Waals surface area contributed by atoms with Crippen LogP contribution in [0.15, 0.2) is 24.3 Å². The van der Waals surface area contributed by atoms with Crippen molar-refractivity contribution in [1.82, 2.24) is 9.80 Å². The number of piperidine rings is 1. The highest BCUT2D eigenvalue weighted by Gasteiger charge is 2.75. The highest BCUT2D eigenvalue weighted by atomic mass is 28.4. The lowest BCUT2D eigenvalue weighted by atomic mass is 9.51. The van der Waals surface area contributed by atoms with Crippen molar-refractivity contribution in [2.24, 2.45) is 17.3 Å². The van der Waals surface area contributed by atoms with E-state index in [1.807, 2.05) is 12.1 Å². The van der Waals surface area contributed by atoms with Gasteiger partial charge < -0.3 is 23.4 Å². The third kappa shape index (κ3) is 6.97. The molecule has 0 unspecified atom stereocenters. The summed E-state index contributed by atoms with van der Waals surface area (Å²) in [4.78, 5) is 19.2. The van der Waals surface area contributed by atoms with E-state index >= 15 is 0 Å². The summed E-state index contributed by atoms with van der Waals surface area (Å²) in [6.07, 6.45) is 16.6. The zero-order valence-corrected chi connectivity index (χ0v) is 32.1. The molecule has 5 fully saturated rings. The van der Waals surface area contributed by atoms with Crippen molar-refractivity contribution in [3.05, 3.63) is 29.8 Å². The van der Waals surface area contributed by atoms with E-state index in [2.05, 4.69) is 55.8 Å². The summed E-state index contributed by atoms with van der Waals surface area (Å²) in [5.41, 5.74) is 0.742. The molecule has 0 radical (unpaired) electrons. The van der Waals surface area contributed by atoms with Gasteiger partial charge in [0.2, 0.25) is 0 Å². The highest BCUT2D eigenvalue weighted by Crippen LogP contribution is 2.65. The van der Waals surface area contributed by atoms with Crippen LogP contribution < -0.4 is 4.74 Å². The first kappa shape index (κ1) is 36.5. The van der Waals surface area contributed by atoms with Gasteiger partial charge in [-0.25, -0.2) is 0 Å². The summed E-state index contributed by atoms with van der Waals surface area (Å²) in [5.74, 6) is 1.87. The Kier molecular flexibility index (Phi) is 11.5. The van der Waals surface area contributed by atoms with Gasteiger partial charge in [-0.15, -0.1) is 0 Å². The fourth-order valence-corrected chi connectivity index (χ4v) is 11.5. The smallest absolute Gasteiger partial charge is 0.191 e. The second-order valence-corrected chi connectivity index (χ2v) is 22.3. The van der Waals surface area contributed by atoms with Gasteiger partial charge in [0.05, 0.1) is 25.9 Å². The van der Waals surface area contributed by atoms with Crippen LogP contribution in [0.25, 0.3) is 0 Å². The summed E-state index contributed by atoms with van der Waals surface area (Å²) < 4.78 is 26.2.